The van der Waals surface area contributed by atoms with Gasteiger partial charge in [-0.2, -0.15) is 0 Å². The Morgan fingerprint density at radius 2 is 1.79 bits per heavy atom. The van der Waals surface area contributed by atoms with E-state index in [1.165, 1.54) is 25.1 Å². The van der Waals surface area contributed by atoms with Crippen molar-refractivity contribution in [3.05, 3.63) is 64.6 Å². The number of hydrogen-bond donors (Lipinski definition) is 6. The predicted molar refractivity (Wildman–Crippen MR) is 134 cm³/mol. The normalized spacial score (nSPS) is 30.7. The molecule has 3 aliphatic carbocycles. The van der Waals surface area contributed by atoms with Crippen LogP contribution in [0.25, 0.3) is 17.0 Å². The van der Waals surface area contributed by atoms with Crippen LogP contribution in [0.5, 0.6) is 5.75 Å². The molecule has 3 aliphatic rings. The lowest BCUT2D eigenvalue weighted by atomic mass is 9.54. The Labute approximate surface area is 217 Å². The van der Waals surface area contributed by atoms with Crippen LogP contribution >= 0.6 is 0 Å². The summed E-state index contributed by atoms with van der Waals surface area (Å²) in [7, 11) is 2.92. The van der Waals surface area contributed by atoms with Crippen molar-refractivity contribution in [3.63, 3.8) is 0 Å². The van der Waals surface area contributed by atoms with E-state index < -0.39 is 75.6 Å². The Hall–Kier alpha value is -4.06. The number of fused-ring (bicyclic) bond motifs is 3. The quantitative estimate of drug-likeness (QED) is 0.311. The van der Waals surface area contributed by atoms with E-state index >= 15 is 0 Å². The van der Waals surface area contributed by atoms with Gasteiger partial charge in [0.25, 0.3) is 5.91 Å². The highest BCUT2D eigenvalue weighted by molar-refractivity contribution is 6.24. The number of carbonyl (C=O) groups excluding carboxylic acids is 3. The van der Waals surface area contributed by atoms with Gasteiger partial charge in [0.05, 0.1) is 29.3 Å². The van der Waals surface area contributed by atoms with Gasteiger partial charge in [-0.1, -0.05) is 13.0 Å². The number of phenols is 1. The summed E-state index contributed by atoms with van der Waals surface area (Å²) in [6.07, 6.45) is -0.0897. The molecule has 1 saturated carbocycles. The number of ketones is 2. The average Bonchev–Trinajstić information content (AvgIpc) is 2.86. The number of phenolic OH excluding ortho intramolecular Hbond substituents is 1. The van der Waals surface area contributed by atoms with E-state index in [4.69, 9.17) is 5.73 Å². The van der Waals surface area contributed by atoms with Gasteiger partial charge in [0.15, 0.2) is 11.4 Å². The molecule has 7 N–H and O–H groups in total. The maximum Gasteiger partial charge on any atom is 0.255 e. The number of amides is 1. The van der Waals surface area contributed by atoms with Gasteiger partial charge in [-0.05, 0) is 49.8 Å². The van der Waals surface area contributed by atoms with E-state index in [0.29, 0.717) is 16.8 Å². The Balaban J connectivity index is 1.83. The molecule has 0 saturated heterocycles. The summed E-state index contributed by atoms with van der Waals surface area (Å²) in [6, 6.07) is 6.75. The highest BCUT2D eigenvalue weighted by Crippen LogP contribution is 2.57. The minimum atomic E-state index is -2.95. The molecule has 11 heteroatoms. The van der Waals surface area contributed by atoms with Crippen LogP contribution in [-0.2, 0) is 14.4 Å². The summed E-state index contributed by atoms with van der Waals surface area (Å²) >= 11 is 0. The molecule has 1 amide bonds. The minimum Gasteiger partial charge on any atom is -0.508 e. The zero-order valence-electron chi connectivity index (χ0n) is 20.8. The lowest BCUT2D eigenvalue weighted by molar-refractivity contribution is -0.169. The largest absolute Gasteiger partial charge is 0.508 e. The van der Waals surface area contributed by atoms with Crippen molar-refractivity contribution in [2.45, 2.75) is 30.6 Å². The molecule has 1 aromatic heterocycles. The van der Waals surface area contributed by atoms with Crippen molar-refractivity contribution < 1.29 is 39.9 Å². The number of aromatic hydroxyl groups is 1. The fourth-order valence-electron chi connectivity index (χ4n) is 6.44. The Bertz CT molecular complexity index is 1460. The van der Waals surface area contributed by atoms with Crippen LogP contribution in [0.1, 0.15) is 24.0 Å². The number of aliphatic hydroxyl groups is 4. The highest BCUT2D eigenvalue weighted by Gasteiger charge is 2.68. The van der Waals surface area contributed by atoms with Crippen molar-refractivity contribution in [3.8, 4) is 17.0 Å². The van der Waals surface area contributed by atoms with Crippen LogP contribution in [0.3, 0.4) is 0 Å². The Morgan fingerprint density at radius 3 is 2.37 bits per heavy atom. The van der Waals surface area contributed by atoms with Crippen LogP contribution in [0, 0.1) is 11.8 Å². The van der Waals surface area contributed by atoms with Crippen LogP contribution in [0.4, 0.5) is 0 Å². The minimum absolute atomic E-state index is 0.0795. The number of nitrogens with two attached hydrogens (primary N) is 1. The number of nitrogens with zero attached hydrogens (tertiary/aromatic N) is 2. The maximum atomic E-state index is 14.0. The molecule has 5 rings (SSSR count). The number of primary amides is 1. The van der Waals surface area contributed by atoms with Gasteiger partial charge in [-0.25, -0.2) is 0 Å². The van der Waals surface area contributed by atoms with Crippen LogP contribution < -0.4 is 5.73 Å². The van der Waals surface area contributed by atoms with Crippen molar-refractivity contribution in [2.24, 2.45) is 17.6 Å². The molecule has 6 atom stereocenters. The molecule has 1 fully saturated rings. The zero-order chi connectivity index (χ0) is 27.8. The molecule has 1 heterocycles. The molecule has 0 spiro atoms. The van der Waals surface area contributed by atoms with E-state index in [1.807, 2.05) is 0 Å². The first-order valence-corrected chi connectivity index (χ1v) is 12.0. The summed E-state index contributed by atoms with van der Waals surface area (Å²) in [6.45, 7) is 1.68. The third kappa shape index (κ3) is 3.12. The van der Waals surface area contributed by atoms with Crippen LogP contribution in [0.15, 0.2) is 53.4 Å². The Morgan fingerprint density at radius 1 is 1.11 bits per heavy atom. The average molecular weight is 522 g/mol. The molecule has 0 bridgehead atoms. The summed E-state index contributed by atoms with van der Waals surface area (Å²) in [4.78, 5) is 45.0. The SMILES string of the molecule is C[C@H]1c2c(-c3ccccn3)ccc(O)c2C(O)=C2C(=O)[C@]3(O)C(O)=C(C(N)=O)C(=O)[C@@H](N(C)C)[C@@H]3[C@@H](O)[C@@H]21. The van der Waals surface area contributed by atoms with E-state index in [2.05, 4.69) is 4.98 Å². The third-order valence-corrected chi connectivity index (χ3v) is 8.05. The molecule has 38 heavy (non-hydrogen) atoms. The van der Waals surface area contributed by atoms with E-state index in [9.17, 15) is 39.9 Å². The number of benzene rings is 1. The first-order chi connectivity index (χ1) is 17.8. The summed E-state index contributed by atoms with van der Waals surface area (Å²) in [5.41, 5.74) is 2.38. The molecule has 198 valence electrons. The predicted octanol–water partition coefficient (Wildman–Crippen LogP) is 0.558. The van der Waals surface area contributed by atoms with Gasteiger partial charge >= 0.3 is 0 Å². The second kappa shape index (κ2) is 8.48. The molecule has 0 aliphatic heterocycles. The van der Waals surface area contributed by atoms with Crippen molar-refractivity contribution in [2.75, 3.05) is 14.1 Å². The topological polar surface area (TPSA) is 195 Å². The number of aromatic nitrogens is 1. The molecular formula is C27H27N3O8. The smallest absolute Gasteiger partial charge is 0.255 e. The van der Waals surface area contributed by atoms with Gasteiger partial charge in [-0.3, -0.25) is 24.3 Å². The Kier molecular flexibility index (Phi) is 5.71. The third-order valence-electron chi connectivity index (χ3n) is 8.05. The number of carbonyl (C=O) groups is 3. The second-order valence-electron chi connectivity index (χ2n) is 10.2. The van der Waals surface area contributed by atoms with E-state index in [-0.39, 0.29) is 11.3 Å². The van der Waals surface area contributed by atoms with E-state index in [1.54, 1.807) is 37.4 Å². The van der Waals surface area contributed by atoms with Gasteiger partial charge in [0.1, 0.15) is 22.8 Å². The monoisotopic (exact) mass is 521 g/mol. The van der Waals surface area contributed by atoms with Gasteiger partial charge in [-0.15, -0.1) is 0 Å². The zero-order valence-corrected chi connectivity index (χ0v) is 20.8. The van der Waals surface area contributed by atoms with Gasteiger partial charge in [0.2, 0.25) is 5.78 Å². The second-order valence-corrected chi connectivity index (χ2v) is 10.2. The maximum absolute atomic E-state index is 14.0. The fourth-order valence-corrected chi connectivity index (χ4v) is 6.44. The molecule has 2 aromatic rings. The van der Waals surface area contributed by atoms with Crippen molar-refractivity contribution >= 4 is 23.2 Å². The molecule has 0 radical (unpaired) electrons. The lowest BCUT2D eigenvalue weighted by Crippen LogP contribution is -2.70. The first-order valence-electron chi connectivity index (χ1n) is 12.0. The van der Waals surface area contributed by atoms with Crippen LogP contribution in [-0.4, -0.2) is 84.7 Å². The van der Waals surface area contributed by atoms with E-state index in [0.717, 1.165) is 0 Å². The highest BCUT2D eigenvalue weighted by atomic mass is 16.4. The number of hydrogen-bond acceptors (Lipinski definition) is 10. The number of aliphatic hydroxyl groups excluding tert-OH is 3. The van der Waals surface area contributed by atoms with Gasteiger partial charge in [0, 0.05) is 23.3 Å². The molecular weight excluding hydrogens is 494 g/mol. The standard InChI is InChI=1S/C27H27N3O8/c1-10-14-11(12-6-4-5-9-29-12)7-8-13(31)16(14)21(32)17-15(10)22(33)19-20(30(2)3)23(34)18(26(28)37)25(36)27(19,38)24(17)35/h4-10,15,19-20,22,31-33,36,38H,1-3H3,(H2,28,37)/t10-,15+,19+,20-,22-,27-/m0/s1. The number of Topliss-reactive ketones (excluding diaryl/α,β-unsaturated/α-hetero) is 2. The number of rotatable bonds is 3. The summed E-state index contributed by atoms with van der Waals surface area (Å²) < 4.78 is 0. The summed E-state index contributed by atoms with van der Waals surface area (Å²) in [5.74, 6) is -9.32. The van der Waals surface area contributed by atoms with Crippen molar-refractivity contribution in [1.82, 2.24) is 9.88 Å². The first kappa shape index (κ1) is 25.6. The van der Waals surface area contributed by atoms with Crippen LogP contribution in [0.2, 0.25) is 0 Å². The number of pyridine rings is 1. The van der Waals surface area contributed by atoms with Gasteiger partial charge < -0.3 is 31.3 Å². The fraction of sp³-hybridized carbons (Fsp3) is 0.333. The molecule has 1 aromatic carbocycles. The number of likely N-dealkylation sites (N-methyl/N-ethyl adjacent to an activating group) is 1. The lowest BCUT2D eigenvalue weighted by Gasteiger charge is -2.53. The molecule has 0 unspecified atom stereocenters. The molecule has 11 nitrogen and oxygen atoms in total. The summed E-state index contributed by atoms with van der Waals surface area (Å²) in [5, 5.41) is 56.5. The van der Waals surface area contributed by atoms with Crippen molar-refractivity contribution in [1.29, 1.82) is 0 Å².